The predicted octanol–water partition coefficient (Wildman–Crippen LogP) is 4.95. The normalized spacial score (nSPS) is 10.6. The summed E-state index contributed by atoms with van der Waals surface area (Å²) in [6.45, 7) is 1.55. The lowest BCUT2D eigenvalue weighted by Gasteiger charge is -2.18. The number of methoxy groups -OCH3 is 1. The lowest BCUT2D eigenvalue weighted by molar-refractivity contribution is 0.206. The van der Waals surface area contributed by atoms with Crippen LogP contribution in [0.25, 0.3) is 11.3 Å². The molecule has 0 spiro atoms. The van der Waals surface area contributed by atoms with E-state index in [1.807, 2.05) is 83.7 Å². The molecule has 1 heterocycles. The maximum absolute atomic E-state index is 12.8. The number of carbonyl (C=O) groups excluding carboxylic acids is 1. The van der Waals surface area contributed by atoms with Crippen LogP contribution in [0.15, 0.2) is 91.1 Å². The fourth-order valence-corrected chi connectivity index (χ4v) is 3.70. The zero-order valence-corrected chi connectivity index (χ0v) is 18.9. The highest BCUT2D eigenvalue weighted by molar-refractivity contribution is 5.74. The van der Waals surface area contributed by atoms with Gasteiger partial charge in [0.05, 0.1) is 19.3 Å². The molecule has 0 bridgehead atoms. The number of nitrogens with zero attached hydrogens (tertiary/aromatic N) is 3. The van der Waals surface area contributed by atoms with Gasteiger partial charge in [-0.2, -0.15) is 5.10 Å². The van der Waals surface area contributed by atoms with Crippen molar-refractivity contribution in [2.45, 2.75) is 19.6 Å². The second kappa shape index (κ2) is 10.5. The first-order chi connectivity index (χ1) is 16.1. The van der Waals surface area contributed by atoms with E-state index >= 15 is 0 Å². The molecule has 0 aliphatic carbocycles. The van der Waals surface area contributed by atoms with Gasteiger partial charge in [0.2, 0.25) is 0 Å². The van der Waals surface area contributed by atoms with Crippen LogP contribution in [0.2, 0.25) is 0 Å². The van der Waals surface area contributed by atoms with E-state index in [0.717, 1.165) is 28.1 Å². The number of amides is 2. The van der Waals surface area contributed by atoms with Crippen LogP contribution in [0.1, 0.15) is 16.7 Å². The van der Waals surface area contributed by atoms with E-state index in [4.69, 9.17) is 9.84 Å². The summed E-state index contributed by atoms with van der Waals surface area (Å²) in [5, 5.41) is 7.86. The summed E-state index contributed by atoms with van der Waals surface area (Å²) in [5.74, 6) is 0.777. The third-order valence-electron chi connectivity index (χ3n) is 5.40. The van der Waals surface area contributed by atoms with Gasteiger partial charge in [0.25, 0.3) is 0 Å². The van der Waals surface area contributed by atoms with Gasteiger partial charge in [-0.05, 0) is 23.3 Å². The van der Waals surface area contributed by atoms with Crippen molar-refractivity contribution < 1.29 is 9.53 Å². The molecule has 1 aromatic heterocycles. The Morgan fingerprint density at radius 2 is 1.67 bits per heavy atom. The molecule has 0 radical (unpaired) electrons. The van der Waals surface area contributed by atoms with Gasteiger partial charge in [-0.25, -0.2) is 4.79 Å². The molecule has 33 heavy (non-hydrogen) atoms. The van der Waals surface area contributed by atoms with Crippen molar-refractivity contribution in [1.82, 2.24) is 20.0 Å². The average molecular weight is 441 g/mol. The highest BCUT2D eigenvalue weighted by Crippen LogP contribution is 2.22. The minimum Gasteiger partial charge on any atom is -0.497 e. The van der Waals surface area contributed by atoms with Gasteiger partial charge in [0.1, 0.15) is 5.75 Å². The summed E-state index contributed by atoms with van der Waals surface area (Å²) in [7, 11) is 3.42. The largest absolute Gasteiger partial charge is 0.497 e. The van der Waals surface area contributed by atoms with Crippen molar-refractivity contribution in [3.05, 3.63) is 108 Å². The van der Waals surface area contributed by atoms with Crippen molar-refractivity contribution >= 4 is 6.03 Å². The van der Waals surface area contributed by atoms with Crippen molar-refractivity contribution in [3.63, 3.8) is 0 Å². The highest BCUT2D eigenvalue weighted by Gasteiger charge is 2.15. The van der Waals surface area contributed by atoms with E-state index in [1.54, 1.807) is 19.1 Å². The molecule has 0 fully saturated rings. The first-order valence-electron chi connectivity index (χ1n) is 10.9. The molecule has 1 N–H and O–H groups in total. The SMILES string of the molecule is COc1cccc(CN(C)C(=O)NCc2cn(Cc3ccccc3)nc2-c2ccccc2)c1. The average Bonchev–Trinajstić information content (AvgIpc) is 3.26. The molecule has 0 atom stereocenters. The van der Waals surface area contributed by atoms with Crippen LogP contribution in [-0.4, -0.2) is 34.9 Å². The van der Waals surface area contributed by atoms with Crippen molar-refractivity contribution in [2.24, 2.45) is 0 Å². The number of hydrogen-bond acceptors (Lipinski definition) is 3. The Hall–Kier alpha value is -4.06. The predicted molar refractivity (Wildman–Crippen MR) is 130 cm³/mol. The van der Waals surface area contributed by atoms with E-state index in [2.05, 4.69) is 17.4 Å². The maximum atomic E-state index is 12.8. The zero-order chi connectivity index (χ0) is 23.0. The number of benzene rings is 3. The Kier molecular flexibility index (Phi) is 7.05. The maximum Gasteiger partial charge on any atom is 0.317 e. The second-order valence-electron chi connectivity index (χ2n) is 7.92. The number of ether oxygens (including phenoxy) is 1. The molecule has 6 nitrogen and oxygen atoms in total. The summed E-state index contributed by atoms with van der Waals surface area (Å²) in [5.41, 5.74) is 5.06. The van der Waals surface area contributed by atoms with Gasteiger partial charge in [-0.1, -0.05) is 72.8 Å². The Bertz CT molecular complexity index is 1190. The van der Waals surface area contributed by atoms with Crippen LogP contribution >= 0.6 is 0 Å². The van der Waals surface area contributed by atoms with E-state index in [1.165, 1.54) is 5.56 Å². The summed E-state index contributed by atoms with van der Waals surface area (Å²) < 4.78 is 7.20. The van der Waals surface area contributed by atoms with Crippen LogP contribution in [0, 0.1) is 0 Å². The fourth-order valence-electron chi connectivity index (χ4n) is 3.70. The molecular formula is C27H28N4O2. The highest BCUT2D eigenvalue weighted by atomic mass is 16.5. The van der Waals surface area contributed by atoms with E-state index in [-0.39, 0.29) is 6.03 Å². The van der Waals surface area contributed by atoms with Gasteiger partial charge in [0, 0.05) is 37.5 Å². The third kappa shape index (κ3) is 5.80. The summed E-state index contributed by atoms with van der Waals surface area (Å²) in [6, 6.07) is 27.9. The molecule has 168 valence electrons. The molecule has 0 saturated heterocycles. The van der Waals surface area contributed by atoms with E-state index < -0.39 is 0 Å². The lowest BCUT2D eigenvalue weighted by Crippen LogP contribution is -2.36. The van der Waals surface area contributed by atoms with E-state index in [0.29, 0.717) is 19.6 Å². The molecule has 0 saturated carbocycles. The summed E-state index contributed by atoms with van der Waals surface area (Å²) in [6.07, 6.45) is 2.01. The number of hydrogen-bond donors (Lipinski definition) is 1. The Morgan fingerprint density at radius 3 is 2.39 bits per heavy atom. The molecule has 0 unspecified atom stereocenters. The van der Waals surface area contributed by atoms with Crippen molar-refractivity contribution in [1.29, 1.82) is 0 Å². The molecular weight excluding hydrogens is 412 g/mol. The number of rotatable bonds is 8. The second-order valence-corrected chi connectivity index (χ2v) is 7.92. The molecule has 4 aromatic rings. The Morgan fingerprint density at radius 1 is 0.970 bits per heavy atom. The van der Waals surface area contributed by atoms with E-state index in [9.17, 15) is 4.79 Å². The first kappa shape index (κ1) is 22.1. The summed E-state index contributed by atoms with van der Waals surface area (Å²) >= 11 is 0. The molecule has 6 heteroatoms. The molecule has 0 aliphatic heterocycles. The van der Waals surface area contributed by atoms with Crippen LogP contribution < -0.4 is 10.1 Å². The smallest absolute Gasteiger partial charge is 0.317 e. The Balaban J connectivity index is 1.47. The van der Waals surface area contributed by atoms with Gasteiger partial charge in [0.15, 0.2) is 0 Å². The molecule has 2 amide bonds. The van der Waals surface area contributed by atoms with Crippen molar-refractivity contribution in [3.8, 4) is 17.0 Å². The van der Waals surface area contributed by atoms with Gasteiger partial charge >= 0.3 is 6.03 Å². The van der Waals surface area contributed by atoms with Gasteiger partial charge in [-0.3, -0.25) is 4.68 Å². The Labute approximate surface area is 194 Å². The van der Waals surface area contributed by atoms with Crippen LogP contribution in [0.3, 0.4) is 0 Å². The molecule has 0 aliphatic rings. The first-order valence-corrected chi connectivity index (χ1v) is 10.9. The quantitative estimate of drug-likeness (QED) is 0.422. The van der Waals surface area contributed by atoms with Crippen molar-refractivity contribution in [2.75, 3.05) is 14.2 Å². The minimum atomic E-state index is -0.146. The fraction of sp³-hybridized carbons (Fsp3) is 0.185. The topological polar surface area (TPSA) is 59.4 Å². The number of carbonyl (C=O) groups is 1. The molecule has 4 rings (SSSR count). The third-order valence-corrected chi connectivity index (χ3v) is 5.40. The number of aromatic nitrogens is 2. The van der Waals surface area contributed by atoms with Crippen LogP contribution in [-0.2, 0) is 19.6 Å². The monoisotopic (exact) mass is 440 g/mol. The zero-order valence-electron chi connectivity index (χ0n) is 18.9. The van der Waals surface area contributed by atoms with Crippen LogP contribution in [0.5, 0.6) is 5.75 Å². The number of urea groups is 1. The summed E-state index contributed by atoms with van der Waals surface area (Å²) in [4.78, 5) is 14.4. The lowest BCUT2D eigenvalue weighted by atomic mass is 10.1. The van der Waals surface area contributed by atoms with Gasteiger partial charge < -0.3 is 15.0 Å². The van der Waals surface area contributed by atoms with Crippen LogP contribution in [0.4, 0.5) is 4.79 Å². The minimum absolute atomic E-state index is 0.146. The van der Waals surface area contributed by atoms with Gasteiger partial charge in [-0.15, -0.1) is 0 Å². The standard InChI is InChI=1S/C27H28N4O2/c1-30(18-22-12-9-15-25(16-22)33-2)27(32)28-17-24-20-31(19-21-10-5-3-6-11-21)29-26(24)23-13-7-4-8-14-23/h3-16,20H,17-19H2,1-2H3,(H,28,32). The molecule has 3 aromatic carbocycles. The number of nitrogens with one attached hydrogen (secondary N) is 1.